The van der Waals surface area contributed by atoms with Gasteiger partial charge in [0, 0.05) is 5.56 Å². The van der Waals surface area contributed by atoms with Crippen LogP contribution >= 0.6 is 0 Å². The Morgan fingerprint density at radius 2 is 1.52 bits per heavy atom. The number of aliphatic hydroxyl groups is 1. The summed E-state index contributed by atoms with van der Waals surface area (Å²) >= 11 is 0. The van der Waals surface area contributed by atoms with Crippen LogP contribution in [0.15, 0.2) is 78.9 Å². The van der Waals surface area contributed by atoms with Crippen LogP contribution in [-0.4, -0.2) is 11.0 Å². The van der Waals surface area contributed by atoms with Crippen molar-refractivity contribution >= 4 is 11.6 Å². The molecule has 124 valence electrons. The van der Waals surface area contributed by atoms with Crippen LogP contribution in [0.5, 0.6) is 0 Å². The van der Waals surface area contributed by atoms with Crippen LogP contribution in [0, 0.1) is 6.92 Å². The van der Waals surface area contributed by atoms with Crippen molar-refractivity contribution in [2.45, 2.75) is 19.1 Å². The Morgan fingerprint density at radius 1 is 0.880 bits per heavy atom. The van der Waals surface area contributed by atoms with E-state index in [0.717, 1.165) is 16.8 Å². The van der Waals surface area contributed by atoms with Crippen molar-refractivity contribution in [3.05, 3.63) is 101 Å². The van der Waals surface area contributed by atoms with Crippen LogP contribution < -0.4 is 4.90 Å². The van der Waals surface area contributed by atoms with E-state index in [1.807, 2.05) is 73.7 Å². The summed E-state index contributed by atoms with van der Waals surface area (Å²) in [7, 11) is 0. The van der Waals surface area contributed by atoms with E-state index in [1.54, 1.807) is 17.0 Å². The van der Waals surface area contributed by atoms with E-state index >= 15 is 0 Å². The third kappa shape index (κ3) is 2.36. The Bertz CT molecular complexity index is 936. The van der Waals surface area contributed by atoms with E-state index in [4.69, 9.17) is 0 Å². The molecule has 1 atom stereocenters. The Morgan fingerprint density at radius 3 is 2.28 bits per heavy atom. The largest absolute Gasteiger partial charge is 0.372 e. The fourth-order valence-electron chi connectivity index (χ4n) is 3.51. The van der Waals surface area contributed by atoms with Gasteiger partial charge in [-0.25, -0.2) is 0 Å². The molecule has 4 rings (SSSR count). The first-order valence-corrected chi connectivity index (χ1v) is 8.36. The van der Waals surface area contributed by atoms with Crippen molar-refractivity contribution in [3.8, 4) is 0 Å². The van der Waals surface area contributed by atoms with Crippen molar-refractivity contribution in [1.29, 1.82) is 0 Å². The number of fused-ring (bicyclic) bond motifs is 1. The van der Waals surface area contributed by atoms with Crippen LogP contribution in [0.3, 0.4) is 0 Å². The van der Waals surface area contributed by atoms with Gasteiger partial charge in [-0.15, -0.1) is 0 Å². The Hall–Kier alpha value is -2.91. The molecule has 0 unspecified atom stereocenters. The number of aryl methyl sites for hydroxylation is 1. The summed E-state index contributed by atoms with van der Waals surface area (Å²) in [6, 6.07) is 24.6. The highest BCUT2D eigenvalue weighted by Gasteiger charge is 2.50. The first-order valence-electron chi connectivity index (χ1n) is 8.36. The minimum atomic E-state index is -1.64. The smallest absolute Gasteiger partial charge is 0.268 e. The van der Waals surface area contributed by atoms with Gasteiger partial charge in [0.15, 0.2) is 5.60 Å². The van der Waals surface area contributed by atoms with Crippen molar-refractivity contribution in [2.24, 2.45) is 0 Å². The predicted octanol–water partition coefficient (Wildman–Crippen LogP) is 3.78. The average Bonchev–Trinajstić information content (AvgIpc) is 2.87. The maximum absolute atomic E-state index is 13.3. The number of hydrogen-bond donors (Lipinski definition) is 1. The third-order valence-corrected chi connectivity index (χ3v) is 4.92. The number of carbonyl (C=O) groups is 1. The van der Waals surface area contributed by atoms with Crippen molar-refractivity contribution < 1.29 is 9.90 Å². The first kappa shape index (κ1) is 15.6. The molecule has 0 radical (unpaired) electrons. The molecule has 1 aliphatic rings. The zero-order valence-electron chi connectivity index (χ0n) is 14.0. The minimum Gasteiger partial charge on any atom is -0.372 e. The monoisotopic (exact) mass is 329 g/mol. The van der Waals surface area contributed by atoms with Gasteiger partial charge in [-0.1, -0.05) is 72.8 Å². The zero-order valence-corrected chi connectivity index (χ0v) is 14.0. The van der Waals surface area contributed by atoms with E-state index in [-0.39, 0.29) is 5.91 Å². The molecule has 3 aromatic rings. The fourth-order valence-corrected chi connectivity index (χ4v) is 3.51. The van der Waals surface area contributed by atoms with Gasteiger partial charge in [-0.05, 0) is 29.7 Å². The molecule has 1 amide bonds. The molecule has 1 heterocycles. The molecule has 0 saturated heterocycles. The molecular formula is C22H19NO2. The summed E-state index contributed by atoms with van der Waals surface area (Å²) in [5, 5.41) is 11.4. The maximum Gasteiger partial charge on any atom is 0.268 e. The summed E-state index contributed by atoms with van der Waals surface area (Å²) in [5.74, 6) is -0.303. The zero-order chi connectivity index (χ0) is 17.4. The summed E-state index contributed by atoms with van der Waals surface area (Å²) in [5.41, 5.74) is 2.56. The summed E-state index contributed by atoms with van der Waals surface area (Å²) in [6.45, 7) is 2.48. The van der Waals surface area contributed by atoms with Crippen molar-refractivity contribution in [3.63, 3.8) is 0 Å². The number of para-hydroxylation sites is 1. The van der Waals surface area contributed by atoms with Gasteiger partial charge in [0.25, 0.3) is 5.91 Å². The molecule has 0 spiro atoms. The molecule has 0 aromatic heterocycles. The number of amides is 1. The van der Waals surface area contributed by atoms with Gasteiger partial charge in [-0.3, -0.25) is 4.79 Å². The second kappa shape index (κ2) is 5.87. The number of carbonyl (C=O) groups excluding carboxylic acids is 1. The van der Waals surface area contributed by atoms with E-state index < -0.39 is 5.60 Å². The highest BCUT2D eigenvalue weighted by molar-refractivity contribution is 6.09. The van der Waals surface area contributed by atoms with E-state index in [9.17, 15) is 9.90 Å². The van der Waals surface area contributed by atoms with Gasteiger partial charge in [0.2, 0.25) is 0 Å². The standard InChI is InChI=1S/C22H19NO2/c1-16-9-5-6-10-17(16)15-23-20-14-8-7-13-19(20)22(25,21(23)24)18-11-3-2-4-12-18/h2-14,25H,15H2,1H3/t22-/m1/s1. The van der Waals surface area contributed by atoms with E-state index in [0.29, 0.717) is 17.7 Å². The Kier molecular flexibility index (Phi) is 3.66. The lowest BCUT2D eigenvalue weighted by molar-refractivity contribution is -0.132. The summed E-state index contributed by atoms with van der Waals surface area (Å²) < 4.78 is 0. The second-order valence-corrected chi connectivity index (χ2v) is 6.41. The van der Waals surface area contributed by atoms with Crippen LogP contribution in [0.1, 0.15) is 22.3 Å². The van der Waals surface area contributed by atoms with Crippen LogP contribution in [0.2, 0.25) is 0 Å². The Balaban J connectivity index is 1.83. The van der Waals surface area contributed by atoms with Crippen LogP contribution in [0.25, 0.3) is 0 Å². The molecule has 1 aliphatic heterocycles. The van der Waals surface area contributed by atoms with Crippen LogP contribution in [-0.2, 0) is 16.9 Å². The fraction of sp³-hybridized carbons (Fsp3) is 0.136. The second-order valence-electron chi connectivity index (χ2n) is 6.41. The van der Waals surface area contributed by atoms with E-state index in [2.05, 4.69) is 0 Å². The molecule has 0 saturated carbocycles. The van der Waals surface area contributed by atoms with Gasteiger partial charge in [0.05, 0.1) is 12.2 Å². The molecule has 0 aliphatic carbocycles. The molecule has 1 N–H and O–H groups in total. The number of benzene rings is 3. The minimum absolute atomic E-state index is 0.303. The van der Waals surface area contributed by atoms with Gasteiger partial charge < -0.3 is 10.0 Å². The van der Waals surface area contributed by atoms with Gasteiger partial charge in [-0.2, -0.15) is 0 Å². The maximum atomic E-state index is 13.3. The average molecular weight is 329 g/mol. The lowest BCUT2D eigenvalue weighted by Gasteiger charge is -2.24. The Labute approximate surface area is 147 Å². The quantitative estimate of drug-likeness (QED) is 0.794. The topological polar surface area (TPSA) is 40.5 Å². The van der Waals surface area contributed by atoms with Crippen molar-refractivity contribution in [2.75, 3.05) is 4.90 Å². The molecule has 3 aromatic carbocycles. The van der Waals surface area contributed by atoms with Crippen molar-refractivity contribution in [1.82, 2.24) is 0 Å². The van der Waals surface area contributed by atoms with E-state index in [1.165, 1.54) is 0 Å². The predicted molar refractivity (Wildman–Crippen MR) is 98.3 cm³/mol. The van der Waals surface area contributed by atoms with Gasteiger partial charge >= 0.3 is 0 Å². The number of hydrogen-bond acceptors (Lipinski definition) is 2. The first-order chi connectivity index (χ1) is 12.1. The van der Waals surface area contributed by atoms with Gasteiger partial charge in [0.1, 0.15) is 0 Å². The third-order valence-electron chi connectivity index (χ3n) is 4.92. The highest BCUT2D eigenvalue weighted by Crippen LogP contribution is 2.44. The number of rotatable bonds is 3. The number of nitrogens with zero attached hydrogens (tertiary/aromatic N) is 1. The van der Waals surface area contributed by atoms with Crippen LogP contribution in [0.4, 0.5) is 5.69 Å². The molecule has 3 nitrogen and oxygen atoms in total. The summed E-state index contributed by atoms with van der Waals surface area (Å²) in [4.78, 5) is 15.0. The highest BCUT2D eigenvalue weighted by atomic mass is 16.3. The molecule has 0 fully saturated rings. The summed E-state index contributed by atoms with van der Waals surface area (Å²) in [6.07, 6.45) is 0. The molecule has 0 bridgehead atoms. The lowest BCUT2D eigenvalue weighted by Crippen LogP contribution is -2.40. The number of anilines is 1. The molecular weight excluding hydrogens is 310 g/mol. The SMILES string of the molecule is Cc1ccccc1CN1C(=O)[C@@](O)(c2ccccc2)c2ccccc21. The molecule has 3 heteroatoms. The molecule has 25 heavy (non-hydrogen) atoms. The normalized spacial score (nSPS) is 19.1. The lowest BCUT2D eigenvalue weighted by atomic mass is 9.87.